The Hall–Kier alpha value is -4.33. The molecule has 0 N–H and O–H groups in total. The van der Waals surface area contributed by atoms with Crippen LogP contribution in [-0.4, -0.2) is 16.9 Å². The molecule has 1 saturated heterocycles. The Morgan fingerprint density at radius 2 is 1.34 bits per heavy atom. The number of carbonyl (C=O) groups is 2. The Balaban J connectivity index is 1.59. The van der Waals surface area contributed by atoms with Gasteiger partial charge in [-0.15, -0.1) is 0 Å². The van der Waals surface area contributed by atoms with Crippen LogP contribution in [0.3, 0.4) is 0 Å². The van der Waals surface area contributed by atoms with Gasteiger partial charge in [0.1, 0.15) is 23.7 Å². The first-order chi connectivity index (χ1) is 18.4. The number of hydrogen-bond acceptors (Lipinski definition) is 4. The van der Waals surface area contributed by atoms with Gasteiger partial charge in [0.25, 0.3) is 11.8 Å². The molecule has 4 aromatic rings. The van der Waals surface area contributed by atoms with Crippen molar-refractivity contribution in [2.45, 2.75) is 6.61 Å². The number of hydrogen-bond donors (Lipinski definition) is 0. The summed E-state index contributed by atoms with van der Waals surface area (Å²) in [4.78, 5) is 30.1. The number of carbonyl (C=O) groups excluding carboxylic acids is 2. The molecule has 1 heterocycles. The molecule has 4 aromatic carbocycles. The fourth-order valence-corrected chi connectivity index (χ4v) is 4.59. The van der Waals surface area contributed by atoms with Gasteiger partial charge in [-0.2, -0.15) is 0 Å². The zero-order chi connectivity index (χ0) is 26.6. The molecule has 0 saturated carbocycles. The summed E-state index contributed by atoms with van der Waals surface area (Å²) in [5, 5.41) is 0.415. The van der Waals surface area contributed by atoms with Crippen LogP contribution in [0.25, 0.3) is 6.08 Å². The summed E-state index contributed by atoms with van der Waals surface area (Å²) in [6, 6.07) is 28.8. The maximum Gasteiger partial charge on any atom is 0.270 e. The zero-order valence-electron chi connectivity index (χ0n) is 19.9. The third-order valence-corrected chi connectivity index (χ3v) is 6.49. The van der Waals surface area contributed by atoms with Gasteiger partial charge in [0.2, 0.25) is 0 Å². The SMILES string of the molecule is O=C1C(=Cc2cc(Cl)ccc2OCc2ccccc2F)C(=O)N(c2ccccc2)C(=S)N1c1ccccc1. The number of rotatable bonds is 6. The number of halogens is 2. The van der Waals surface area contributed by atoms with Gasteiger partial charge in [-0.25, -0.2) is 4.39 Å². The molecule has 1 fully saturated rings. The molecule has 0 bridgehead atoms. The van der Waals surface area contributed by atoms with Gasteiger partial charge in [0.05, 0.1) is 11.4 Å². The van der Waals surface area contributed by atoms with Crippen molar-refractivity contribution in [3.05, 3.63) is 131 Å². The van der Waals surface area contributed by atoms with Crippen molar-refractivity contribution >= 4 is 58.2 Å². The van der Waals surface area contributed by atoms with Gasteiger partial charge in [-0.3, -0.25) is 19.4 Å². The first-order valence-electron chi connectivity index (χ1n) is 11.6. The van der Waals surface area contributed by atoms with Gasteiger partial charge < -0.3 is 4.74 Å². The van der Waals surface area contributed by atoms with Crippen LogP contribution >= 0.6 is 23.8 Å². The molecular formula is C30H20ClFN2O3S. The highest BCUT2D eigenvalue weighted by Crippen LogP contribution is 2.32. The van der Waals surface area contributed by atoms with Crippen molar-refractivity contribution in [1.29, 1.82) is 0 Å². The molecule has 8 heteroatoms. The maximum absolute atomic E-state index is 14.2. The molecule has 1 aliphatic rings. The van der Waals surface area contributed by atoms with Crippen LogP contribution in [0.15, 0.2) is 109 Å². The second kappa shape index (κ2) is 11.0. The number of thiocarbonyl (C=S) groups is 1. The lowest BCUT2D eigenvalue weighted by Gasteiger charge is -2.36. The first kappa shape index (κ1) is 25.3. The van der Waals surface area contributed by atoms with E-state index in [0.717, 1.165) is 0 Å². The Morgan fingerprint density at radius 1 is 0.789 bits per heavy atom. The average molecular weight is 543 g/mol. The molecule has 2 amide bonds. The standard InChI is InChI=1S/C30H20ClFN2O3S/c31-22-15-16-27(37-19-20-9-7-8-14-26(20)32)21(17-22)18-25-28(35)33(23-10-3-1-4-11-23)30(38)34(29(25)36)24-12-5-2-6-13-24/h1-18H,19H2. The summed E-state index contributed by atoms with van der Waals surface area (Å²) < 4.78 is 20.0. The molecular weight excluding hydrogens is 523 g/mol. The average Bonchev–Trinajstić information content (AvgIpc) is 2.93. The lowest BCUT2D eigenvalue weighted by atomic mass is 10.0. The van der Waals surface area contributed by atoms with Crippen molar-refractivity contribution in [2.75, 3.05) is 9.80 Å². The van der Waals surface area contributed by atoms with Gasteiger partial charge in [-0.05, 0) is 66.8 Å². The quantitative estimate of drug-likeness (QED) is 0.153. The number of para-hydroxylation sites is 2. The van der Waals surface area contributed by atoms with Gasteiger partial charge in [0, 0.05) is 16.1 Å². The zero-order valence-corrected chi connectivity index (χ0v) is 21.5. The van der Waals surface area contributed by atoms with Crippen LogP contribution in [0.2, 0.25) is 5.02 Å². The monoisotopic (exact) mass is 542 g/mol. The third kappa shape index (κ3) is 5.07. The maximum atomic E-state index is 14.2. The predicted molar refractivity (Wildman–Crippen MR) is 151 cm³/mol. The minimum atomic E-state index is -0.585. The number of ether oxygens (including phenoxy) is 1. The Bertz CT molecular complexity index is 1500. The highest BCUT2D eigenvalue weighted by atomic mass is 35.5. The summed E-state index contributed by atoms with van der Waals surface area (Å²) >= 11 is 11.9. The molecule has 0 aliphatic carbocycles. The van der Waals surface area contributed by atoms with E-state index in [1.54, 1.807) is 84.9 Å². The second-order valence-corrected chi connectivity index (χ2v) is 9.16. The van der Waals surface area contributed by atoms with E-state index in [9.17, 15) is 14.0 Å². The molecule has 0 unspecified atom stereocenters. The number of anilines is 2. The Labute approximate surface area is 229 Å². The largest absolute Gasteiger partial charge is 0.488 e. The molecule has 38 heavy (non-hydrogen) atoms. The van der Waals surface area contributed by atoms with Gasteiger partial charge in [0.15, 0.2) is 5.11 Å². The summed E-state index contributed by atoms with van der Waals surface area (Å²) in [5.74, 6) is -1.24. The number of nitrogens with zero attached hydrogens (tertiary/aromatic N) is 2. The van der Waals surface area contributed by atoms with E-state index in [1.807, 2.05) is 12.1 Å². The lowest BCUT2D eigenvalue weighted by molar-refractivity contribution is -0.120. The first-order valence-corrected chi connectivity index (χ1v) is 12.4. The van der Waals surface area contributed by atoms with Gasteiger partial charge >= 0.3 is 0 Å². The fourth-order valence-electron chi connectivity index (χ4n) is 4.03. The van der Waals surface area contributed by atoms with Crippen molar-refractivity contribution < 1.29 is 18.7 Å². The minimum Gasteiger partial charge on any atom is -0.488 e. The van der Waals surface area contributed by atoms with Crippen LogP contribution < -0.4 is 14.5 Å². The molecule has 0 radical (unpaired) electrons. The van der Waals surface area contributed by atoms with Gasteiger partial charge in [-0.1, -0.05) is 66.2 Å². The van der Waals surface area contributed by atoms with Crippen LogP contribution in [0.1, 0.15) is 11.1 Å². The lowest BCUT2D eigenvalue weighted by Crippen LogP contribution is -2.56. The number of amides is 2. The highest BCUT2D eigenvalue weighted by Gasteiger charge is 2.41. The van der Waals surface area contributed by atoms with E-state index in [0.29, 0.717) is 33.3 Å². The molecule has 188 valence electrons. The summed E-state index contributed by atoms with van der Waals surface area (Å²) in [6.07, 6.45) is 1.43. The molecule has 1 aliphatic heterocycles. The van der Waals surface area contributed by atoms with E-state index in [2.05, 4.69) is 0 Å². The van der Waals surface area contributed by atoms with E-state index < -0.39 is 17.6 Å². The van der Waals surface area contributed by atoms with E-state index >= 15 is 0 Å². The third-order valence-electron chi connectivity index (χ3n) is 5.89. The van der Waals surface area contributed by atoms with E-state index in [-0.39, 0.29) is 17.3 Å². The fraction of sp³-hybridized carbons (Fsp3) is 0.0333. The van der Waals surface area contributed by atoms with Crippen molar-refractivity contribution in [2.24, 2.45) is 0 Å². The van der Waals surface area contributed by atoms with Crippen molar-refractivity contribution in [3.8, 4) is 5.75 Å². The summed E-state index contributed by atoms with van der Waals surface area (Å²) in [5.41, 5.74) is 1.65. The Kier molecular flexibility index (Phi) is 7.31. The van der Waals surface area contributed by atoms with Crippen LogP contribution in [0.4, 0.5) is 15.8 Å². The molecule has 5 rings (SSSR count). The molecule has 0 aromatic heterocycles. The molecule has 0 atom stereocenters. The van der Waals surface area contributed by atoms with Crippen LogP contribution in [-0.2, 0) is 16.2 Å². The smallest absolute Gasteiger partial charge is 0.270 e. The predicted octanol–water partition coefficient (Wildman–Crippen LogP) is 6.81. The molecule has 0 spiro atoms. The molecule has 5 nitrogen and oxygen atoms in total. The minimum absolute atomic E-state index is 0.0386. The Morgan fingerprint density at radius 3 is 1.92 bits per heavy atom. The van der Waals surface area contributed by atoms with E-state index in [4.69, 9.17) is 28.6 Å². The van der Waals surface area contributed by atoms with Crippen LogP contribution in [0, 0.1) is 5.82 Å². The van der Waals surface area contributed by atoms with E-state index in [1.165, 1.54) is 21.9 Å². The van der Waals surface area contributed by atoms with Crippen molar-refractivity contribution in [1.82, 2.24) is 0 Å². The summed E-state index contributed by atoms with van der Waals surface area (Å²) in [7, 11) is 0. The highest BCUT2D eigenvalue weighted by molar-refractivity contribution is 7.81. The summed E-state index contributed by atoms with van der Waals surface area (Å²) in [6.45, 7) is -0.0528. The number of benzene rings is 4. The topological polar surface area (TPSA) is 49.9 Å². The van der Waals surface area contributed by atoms with Crippen LogP contribution in [0.5, 0.6) is 5.75 Å². The second-order valence-electron chi connectivity index (χ2n) is 8.36. The van der Waals surface area contributed by atoms with Crippen molar-refractivity contribution in [3.63, 3.8) is 0 Å². The normalized spacial score (nSPS) is 13.6.